The Kier molecular flexibility index (Phi) is 4.52. The van der Waals surface area contributed by atoms with Crippen molar-refractivity contribution in [3.63, 3.8) is 0 Å². The average Bonchev–Trinajstić information content (AvgIpc) is 2.14. The van der Waals surface area contributed by atoms with E-state index in [0.29, 0.717) is 23.4 Å². The second kappa shape index (κ2) is 5.50. The molecule has 0 atom stereocenters. The maximum atomic E-state index is 14.0. The molecule has 1 aromatic rings. The van der Waals surface area contributed by atoms with Crippen LogP contribution >= 0.6 is 11.6 Å². The molecule has 0 saturated carbocycles. The first-order valence-electron chi connectivity index (χ1n) is 5.51. The Morgan fingerprint density at radius 2 is 2.12 bits per heavy atom. The molecule has 0 aliphatic rings. The molecule has 17 heavy (non-hydrogen) atoms. The van der Waals surface area contributed by atoms with Gasteiger partial charge in [-0.3, -0.25) is 4.79 Å². The van der Waals surface area contributed by atoms with E-state index in [1.54, 1.807) is 18.2 Å². The second-order valence-electron chi connectivity index (χ2n) is 4.49. The molecule has 1 N–H and O–H groups in total. The van der Waals surface area contributed by atoms with Crippen molar-refractivity contribution in [1.29, 1.82) is 0 Å². The molecule has 0 aromatic heterocycles. The number of carboxylic acids is 1. The molecule has 0 amide bonds. The highest BCUT2D eigenvalue weighted by atomic mass is 35.5. The lowest BCUT2D eigenvalue weighted by Crippen LogP contribution is -2.13. The van der Waals surface area contributed by atoms with Gasteiger partial charge in [0.05, 0.1) is 0 Å². The maximum absolute atomic E-state index is 14.0. The van der Waals surface area contributed by atoms with Gasteiger partial charge in [-0.2, -0.15) is 0 Å². The van der Waals surface area contributed by atoms with E-state index in [1.807, 2.05) is 0 Å². The molecule has 0 radical (unpaired) electrons. The summed E-state index contributed by atoms with van der Waals surface area (Å²) in [6.45, 7) is 2.91. The van der Waals surface area contributed by atoms with Crippen LogP contribution in [-0.4, -0.2) is 11.1 Å². The van der Waals surface area contributed by atoms with Crippen molar-refractivity contribution in [2.45, 2.75) is 38.8 Å². The van der Waals surface area contributed by atoms with Crippen molar-refractivity contribution in [1.82, 2.24) is 0 Å². The molecule has 0 saturated heterocycles. The van der Waals surface area contributed by atoms with E-state index in [4.69, 9.17) is 16.7 Å². The second-order valence-corrected chi connectivity index (χ2v) is 4.90. The first kappa shape index (κ1) is 14.0. The van der Waals surface area contributed by atoms with Crippen molar-refractivity contribution < 1.29 is 14.3 Å². The van der Waals surface area contributed by atoms with E-state index in [0.717, 1.165) is 5.56 Å². The zero-order valence-corrected chi connectivity index (χ0v) is 10.7. The van der Waals surface area contributed by atoms with Crippen LogP contribution in [0.5, 0.6) is 0 Å². The number of benzene rings is 1. The molecule has 94 valence electrons. The molecular weight excluding hydrogens is 243 g/mol. The average molecular weight is 259 g/mol. The lowest BCUT2D eigenvalue weighted by molar-refractivity contribution is -0.137. The van der Waals surface area contributed by atoms with Gasteiger partial charge in [-0.15, -0.1) is 0 Å². The first-order chi connectivity index (χ1) is 7.82. The summed E-state index contributed by atoms with van der Waals surface area (Å²) < 4.78 is 14.0. The summed E-state index contributed by atoms with van der Waals surface area (Å²) in [6.07, 6.45) is 1.09. The summed E-state index contributed by atoms with van der Waals surface area (Å²) in [6, 6.07) is 5.21. The Hall–Kier alpha value is -1.09. The summed E-state index contributed by atoms with van der Waals surface area (Å²) in [5, 5.41) is 8.97. The third-order valence-corrected chi connectivity index (χ3v) is 2.85. The van der Waals surface area contributed by atoms with E-state index in [1.165, 1.54) is 13.8 Å². The summed E-state index contributed by atoms with van der Waals surface area (Å²) in [7, 11) is 0. The molecular formula is C13H16ClFO2. The summed E-state index contributed by atoms with van der Waals surface area (Å²) in [5.74, 6) is -0.840. The predicted molar refractivity (Wildman–Crippen MR) is 66.2 cm³/mol. The molecule has 0 bridgehead atoms. The van der Waals surface area contributed by atoms with Gasteiger partial charge in [0.25, 0.3) is 0 Å². The summed E-state index contributed by atoms with van der Waals surface area (Å²) in [5.41, 5.74) is -0.269. The zero-order valence-electron chi connectivity index (χ0n) is 9.96. The van der Waals surface area contributed by atoms with Crippen LogP contribution in [0.4, 0.5) is 4.39 Å². The Balaban J connectivity index is 2.92. The van der Waals surface area contributed by atoms with Gasteiger partial charge in [-0.25, -0.2) is 4.39 Å². The number of alkyl halides is 1. The lowest BCUT2D eigenvalue weighted by Gasteiger charge is -2.20. The van der Waals surface area contributed by atoms with Crippen LogP contribution in [0, 0.1) is 0 Å². The SMILES string of the molecule is CC(C)(F)c1c(Cl)cccc1CCCC(=O)O. The molecule has 0 aliphatic carbocycles. The normalized spacial score (nSPS) is 11.5. The topological polar surface area (TPSA) is 37.3 Å². The number of hydrogen-bond donors (Lipinski definition) is 1. The molecule has 0 fully saturated rings. The van der Waals surface area contributed by atoms with Gasteiger partial charge < -0.3 is 5.11 Å². The quantitative estimate of drug-likeness (QED) is 0.868. The molecule has 1 aromatic carbocycles. The maximum Gasteiger partial charge on any atom is 0.303 e. The highest BCUT2D eigenvalue weighted by molar-refractivity contribution is 6.31. The zero-order chi connectivity index (χ0) is 13.1. The molecule has 0 unspecified atom stereocenters. The van der Waals surface area contributed by atoms with E-state index >= 15 is 0 Å². The molecule has 4 heteroatoms. The fourth-order valence-corrected chi connectivity index (χ4v) is 2.29. The van der Waals surface area contributed by atoms with Gasteiger partial charge >= 0.3 is 5.97 Å². The third-order valence-electron chi connectivity index (χ3n) is 2.53. The summed E-state index contributed by atoms with van der Waals surface area (Å²) >= 11 is 6.00. The fraction of sp³-hybridized carbons (Fsp3) is 0.462. The van der Waals surface area contributed by atoms with Gasteiger partial charge in [0, 0.05) is 17.0 Å². The van der Waals surface area contributed by atoms with E-state index in [9.17, 15) is 9.18 Å². The number of halogens is 2. The summed E-state index contributed by atoms with van der Waals surface area (Å²) in [4.78, 5) is 10.4. The number of hydrogen-bond acceptors (Lipinski definition) is 1. The van der Waals surface area contributed by atoms with Crippen LogP contribution in [0.1, 0.15) is 37.8 Å². The minimum atomic E-state index is -1.52. The van der Waals surface area contributed by atoms with Crippen molar-refractivity contribution in [3.8, 4) is 0 Å². The standard InChI is InChI=1S/C13H16ClFO2/c1-13(2,15)12-9(5-3-7-10(12)14)6-4-8-11(16)17/h3,5,7H,4,6,8H2,1-2H3,(H,16,17). The molecule has 0 spiro atoms. The highest BCUT2D eigenvalue weighted by Gasteiger charge is 2.25. The van der Waals surface area contributed by atoms with Crippen molar-refractivity contribution >= 4 is 17.6 Å². The Bertz CT molecular complexity index is 410. The van der Waals surface area contributed by atoms with E-state index < -0.39 is 11.6 Å². The Labute approximate surface area is 105 Å². The van der Waals surface area contributed by atoms with E-state index in [2.05, 4.69) is 0 Å². The van der Waals surface area contributed by atoms with Crippen molar-refractivity contribution in [2.75, 3.05) is 0 Å². The predicted octanol–water partition coefficient (Wildman–Crippen LogP) is 3.95. The van der Waals surface area contributed by atoms with Crippen LogP contribution in [-0.2, 0) is 16.9 Å². The number of carboxylic acid groups (broad SMARTS) is 1. The number of carbonyl (C=O) groups is 1. The number of aliphatic carboxylic acids is 1. The first-order valence-corrected chi connectivity index (χ1v) is 5.88. The Morgan fingerprint density at radius 3 is 2.65 bits per heavy atom. The van der Waals surface area contributed by atoms with Crippen LogP contribution in [0.3, 0.4) is 0 Å². The van der Waals surface area contributed by atoms with Gasteiger partial charge in [-0.05, 0) is 38.3 Å². The molecule has 2 nitrogen and oxygen atoms in total. The third kappa shape index (κ3) is 4.00. The van der Waals surface area contributed by atoms with Gasteiger partial charge in [-0.1, -0.05) is 23.7 Å². The number of aryl methyl sites for hydroxylation is 1. The molecule has 1 rings (SSSR count). The monoisotopic (exact) mass is 258 g/mol. The van der Waals surface area contributed by atoms with Gasteiger partial charge in [0.1, 0.15) is 5.67 Å². The lowest BCUT2D eigenvalue weighted by atomic mass is 9.92. The van der Waals surface area contributed by atoms with Gasteiger partial charge in [0.15, 0.2) is 0 Å². The van der Waals surface area contributed by atoms with Crippen LogP contribution in [0.15, 0.2) is 18.2 Å². The fourth-order valence-electron chi connectivity index (χ4n) is 1.87. The van der Waals surface area contributed by atoms with Crippen LogP contribution in [0.2, 0.25) is 5.02 Å². The van der Waals surface area contributed by atoms with Crippen molar-refractivity contribution in [2.24, 2.45) is 0 Å². The smallest absolute Gasteiger partial charge is 0.303 e. The minimum absolute atomic E-state index is 0.0820. The van der Waals surface area contributed by atoms with Crippen LogP contribution < -0.4 is 0 Å². The number of rotatable bonds is 5. The Morgan fingerprint density at radius 1 is 1.47 bits per heavy atom. The van der Waals surface area contributed by atoms with Gasteiger partial charge in [0.2, 0.25) is 0 Å². The van der Waals surface area contributed by atoms with Crippen molar-refractivity contribution in [3.05, 3.63) is 34.3 Å². The molecule has 0 heterocycles. The minimum Gasteiger partial charge on any atom is -0.481 e. The molecule has 0 aliphatic heterocycles. The highest BCUT2D eigenvalue weighted by Crippen LogP contribution is 2.34. The largest absolute Gasteiger partial charge is 0.481 e. The van der Waals surface area contributed by atoms with Crippen LogP contribution in [0.25, 0.3) is 0 Å². The van der Waals surface area contributed by atoms with E-state index in [-0.39, 0.29) is 6.42 Å².